The van der Waals surface area contributed by atoms with Crippen LogP contribution in [0.3, 0.4) is 0 Å². The number of rotatable bonds is 0. The van der Waals surface area contributed by atoms with Crippen LogP contribution in [0.25, 0.3) is 0 Å². The number of hydrogen-bond donors (Lipinski definition) is 0. The van der Waals surface area contributed by atoms with E-state index in [2.05, 4.69) is 12.8 Å². The van der Waals surface area contributed by atoms with Crippen molar-refractivity contribution in [3.8, 4) is 0 Å². The zero-order chi connectivity index (χ0) is 4.24. The molecule has 0 aliphatic heterocycles. The molecule has 8 heavy (non-hydrogen) atoms. The Kier molecular flexibility index (Phi) is 17.8. The Morgan fingerprint density at radius 3 is 1.00 bits per heavy atom. The van der Waals surface area contributed by atoms with Crippen LogP contribution in [0.4, 0.5) is 0 Å². The van der Waals surface area contributed by atoms with Gasteiger partial charge in [-0.1, -0.05) is 0 Å². The fourth-order valence-corrected chi connectivity index (χ4v) is 0.760. The van der Waals surface area contributed by atoms with Crippen molar-refractivity contribution in [2.24, 2.45) is 0 Å². The average Bonchev–Trinajstić information content (AvgIpc) is 1.72. The molecular weight excluding hydrogens is 150 g/mol. The summed E-state index contributed by atoms with van der Waals surface area (Å²) in [5.74, 6) is 0. The Labute approximate surface area is 137 Å². The summed E-state index contributed by atoms with van der Waals surface area (Å²) in [4.78, 5) is 0. The first kappa shape index (κ1) is 13.8. The van der Waals surface area contributed by atoms with Crippen LogP contribution < -0.4 is 103 Å². The molecule has 0 bridgehead atoms. The van der Waals surface area contributed by atoms with Gasteiger partial charge in [0.25, 0.3) is 0 Å². The fraction of sp³-hybridized carbons (Fsp3) is 0.667. The quantitative estimate of drug-likeness (QED) is 0.250. The molecule has 0 nitrogen and oxygen atoms in total. The van der Waals surface area contributed by atoms with Gasteiger partial charge in [-0.2, -0.15) is 0 Å². The molecule has 0 spiro atoms. The molecule has 0 aromatic rings. The Morgan fingerprint density at radius 1 is 0.625 bits per heavy atom. The van der Waals surface area contributed by atoms with Crippen LogP contribution in [0.5, 0.6) is 0 Å². The van der Waals surface area contributed by atoms with Gasteiger partial charge < -0.3 is 12.8 Å². The van der Waals surface area contributed by atoms with Crippen LogP contribution in [0.1, 0.15) is 25.7 Å². The summed E-state index contributed by atoms with van der Waals surface area (Å²) in [6.07, 6.45) is 10.0. The third-order valence-electron chi connectivity index (χ3n) is 1.15. The van der Waals surface area contributed by atoms with Crippen LogP contribution in [0, 0.1) is 12.8 Å². The van der Waals surface area contributed by atoms with Gasteiger partial charge >= 0.3 is 103 Å². The molecule has 1 aliphatic rings. The van der Waals surface area contributed by atoms with E-state index < -0.39 is 0 Å². The van der Waals surface area contributed by atoms with E-state index in [1.54, 1.807) is 0 Å². The van der Waals surface area contributed by atoms with Gasteiger partial charge in [-0.05, 0) is 0 Å². The average molecular weight is 160 g/mol. The standard InChI is InChI=1S/C6H10.2K/c1-2-4-6-5-3-1;;/h1,6H,2-5H2;;/q-2;2*+1. The summed E-state index contributed by atoms with van der Waals surface area (Å²) in [6.45, 7) is 0. The van der Waals surface area contributed by atoms with E-state index in [1.807, 2.05) is 0 Å². The van der Waals surface area contributed by atoms with Crippen molar-refractivity contribution in [1.82, 2.24) is 0 Å². The molecular formula is C6H10K2. The Bertz CT molecular complexity index is 22.0. The van der Waals surface area contributed by atoms with Crippen LogP contribution in [0.2, 0.25) is 0 Å². The number of hydrogen-bond acceptors (Lipinski definition) is 0. The van der Waals surface area contributed by atoms with Gasteiger partial charge in [0.1, 0.15) is 0 Å². The normalized spacial score (nSPS) is 18.0. The summed E-state index contributed by atoms with van der Waals surface area (Å²) >= 11 is 0. The predicted octanol–water partition coefficient (Wildman–Crippen LogP) is -4.02. The summed E-state index contributed by atoms with van der Waals surface area (Å²) in [6, 6.07) is 0. The Balaban J connectivity index is 0. The molecule has 1 saturated carbocycles. The first-order chi connectivity index (χ1) is 3.00. The van der Waals surface area contributed by atoms with Crippen molar-refractivity contribution in [3.05, 3.63) is 12.8 Å². The molecule has 0 aromatic heterocycles. The molecule has 1 aliphatic carbocycles. The van der Waals surface area contributed by atoms with Crippen molar-refractivity contribution >= 4 is 0 Å². The van der Waals surface area contributed by atoms with Gasteiger partial charge in [0, 0.05) is 0 Å². The minimum absolute atomic E-state index is 0. The maximum absolute atomic E-state index is 2.36. The molecule has 2 heteroatoms. The second kappa shape index (κ2) is 10.3. The van der Waals surface area contributed by atoms with Crippen LogP contribution in [-0.4, -0.2) is 0 Å². The molecule has 0 amide bonds. The third kappa shape index (κ3) is 7.38. The Morgan fingerprint density at radius 2 is 0.875 bits per heavy atom. The van der Waals surface area contributed by atoms with Gasteiger partial charge in [-0.25, -0.2) is 25.7 Å². The van der Waals surface area contributed by atoms with Gasteiger partial charge in [-0.3, -0.25) is 0 Å². The van der Waals surface area contributed by atoms with E-state index in [9.17, 15) is 0 Å². The molecule has 1 rings (SSSR count). The fourth-order valence-electron chi connectivity index (χ4n) is 0.760. The van der Waals surface area contributed by atoms with E-state index in [0.29, 0.717) is 0 Å². The minimum Gasteiger partial charge on any atom is -0.333 e. The van der Waals surface area contributed by atoms with E-state index in [4.69, 9.17) is 0 Å². The van der Waals surface area contributed by atoms with E-state index in [1.165, 1.54) is 25.7 Å². The van der Waals surface area contributed by atoms with Crippen molar-refractivity contribution < 1.29 is 103 Å². The van der Waals surface area contributed by atoms with Crippen molar-refractivity contribution in [2.75, 3.05) is 0 Å². The van der Waals surface area contributed by atoms with Gasteiger partial charge in [-0.15, -0.1) is 0 Å². The molecule has 0 unspecified atom stereocenters. The smallest absolute Gasteiger partial charge is 0.333 e. The summed E-state index contributed by atoms with van der Waals surface area (Å²) in [5, 5.41) is 0. The van der Waals surface area contributed by atoms with Crippen molar-refractivity contribution in [1.29, 1.82) is 0 Å². The topological polar surface area (TPSA) is 0 Å². The molecule has 0 N–H and O–H groups in total. The van der Waals surface area contributed by atoms with Crippen molar-refractivity contribution in [3.63, 3.8) is 0 Å². The monoisotopic (exact) mass is 160 g/mol. The first-order valence-corrected chi connectivity index (χ1v) is 2.63. The predicted molar refractivity (Wildman–Crippen MR) is 27.1 cm³/mol. The molecule has 0 aromatic carbocycles. The van der Waals surface area contributed by atoms with E-state index in [0.717, 1.165) is 0 Å². The second-order valence-corrected chi connectivity index (χ2v) is 1.73. The molecule has 0 heterocycles. The largest absolute Gasteiger partial charge is 1.00 e. The van der Waals surface area contributed by atoms with Crippen LogP contribution in [-0.2, 0) is 0 Å². The maximum Gasteiger partial charge on any atom is 1.00 e. The zero-order valence-electron chi connectivity index (χ0n) is 5.98. The maximum atomic E-state index is 2.36. The van der Waals surface area contributed by atoms with Gasteiger partial charge in [0.15, 0.2) is 0 Å². The van der Waals surface area contributed by atoms with E-state index >= 15 is 0 Å². The molecule has 1 fully saturated rings. The zero-order valence-corrected chi connectivity index (χ0v) is 12.2. The minimum atomic E-state index is 0. The molecule has 0 saturated heterocycles. The molecule has 0 radical (unpaired) electrons. The van der Waals surface area contributed by atoms with Crippen LogP contribution in [0.15, 0.2) is 0 Å². The van der Waals surface area contributed by atoms with Crippen molar-refractivity contribution in [2.45, 2.75) is 25.7 Å². The van der Waals surface area contributed by atoms with Crippen LogP contribution >= 0.6 is 0 Å². The first-order valence-electron chi connectivity index (χ1n) is 2.63. The third-order valence-corrected chi connectivity index (χ3v) is 1.15. The summed E-state index contributed by atoms with van der Waals surface area (Å²) < 4.78 is 0. The summed E-state index contributed by atoms with van der Waals surface area (Å²) in [5.41, 5.74) is 0. The van der Waals surface area contributed by atoms with Gasteiger partial charge in [0.05, 0.1) is 0 Å². The summed E-state index contributed by atoms with van der Waals surface area (Å²) in [7, 11) is 0. The molecule has 36 valence electrons. The van der Waals surface area contributed by atoms with Gasteiger partial charge in [0.2, 0.25) is 0 Å². The SMILES string of the molecule is [CH-]1CC[CH-]CC1.[K+].[K+]. The second-order valence-electron chi connectivity index (χ2n) is 1.73. The molecule has 0 atom stereocenters. The Hall–Kier alpha value is 3.27. The van der Waals surface area contributed by atoms with E-state index in [-0.39, 0.29) is 103 Å².